The van der Waals surface area contributed by atoms with E-state index in [9.17, 15) is 10.2 Å². The molecule has 0 bridgehead atoms. The summed E-state index contributed by atoms with van der Waals surface area (Å²) in [5, 5.41) is 19.3. The van der Waals surface area contributed by atoms with Gasteiger partial charge in [-0.25, -0.2) is 0 Å². The molecule has 180 valence electrons. The number of aliphatic hydroxyl groups is 2. The van der Waals surface area contributed by atoms with Crippen LogP contribution in [0.5, 0.6) is 11.5 Å². The molecule has 0 aliphatic carbocycles. The zero-order chi connectivity index (χ0) is 22.9. The molecular weight excluding hydrogens is 418 g/mol. The maximum Gasteiger partial charge on any atom is 0.161 e. The molecule has 2 N–H and O–H groups in total. The number of hydrogen-bond acceptors (Lipinski definition) is 6. The Morgan fingerprint density at radius 3 is 2.55 bits per heavy atom. The summed E-state index contributed by atoms with van der Waals surface area (Å²) in [4.78, 5) is 2.32. The highest BCUT2D eigenvalue weighted by atomic mass is 16.5. The number of fused-ring (bicyclic) bond motifs is 1. The van der Waals surface area contributed by atoms with Crippen molar-refractivity contribution in [2.75, 3.05) is 39.5 Å². The first-order valence-electron chi connectivity index (χ1n) is 12.3. The van der Waals surface area contributed by atoms with Gasteiger partial charge >= 0.3 is 0 Å². The highest BCUT2D eigenvalue weighted by Crippen LogP contribution is 2.34. The van der Waals surface area contributed by atoms with Gasteiger partial charge in [0, 0.05) is 25.6 Å². The number of nitrogens with zero attached hydrogens (tertiary/aromatic N) is 1. The van der Waals surface area contributed by atoms with Crippen molar-refractivity contribution in [3.8, 4) is 22.6 Å². The summed E-state index contributed by atoms with van der Waals surface area (Å²) in [7, 11) is 0. The predicted molar refractivity (Wildman–Crippen MR) is 129 cm³/mol. The Morgan fingerprint density at radius 1 is 0.939 bits per heavy atom. The van der Waals surface area contributed by atoms with Gasteiger partial charge in [0.05, 0.1) is 32.5 Å². The third kappa shape index (κ3) is 6.93. The van der Waals surface area contributed by atoms with Crippen molar-refractivity contribution in [2.45, 2.75) is 57.3 Å². The second-order valence-electron chi connectivity index (χ2n) is 9.07. The molecule has 2 aliphatic heterocycles. The lowest BCUT2D eigenvalue weighted by atomic mass is 9.99. The predicted octanol–water partition coefficient (Wildman–Crippen LogP) is 4.02. The summed E-state index contributed by atoms with van der Waals surface area (Å²) in [6, 6.07) is 14.7. The van der Waals surface area contributed by atoms with Gasteiger partial charge in [0.25, 0.3) is 0 Å². The van der Waals surface area contributed by atoms with E-state index in [1.807, 2.05) is 6.07 Å². The molecule has 1 unspecified atom stereocenters. The largest absolute Gasteiger partial charge is 0.490 e. The van der Waals surface area contributed by atoms with Crippen LogP contribution < -0.4 is 9.47 Å². The number of aliphatic hydroxyl groups excluding tert-OH is 2. The van der Waals surface area contributed by atoms with Crippen LogP contribution >= 0.6 is 0 Å². The molecular formula is C27H37NO5. The van der Waals surface area contributed by atoms with Crippen molar-refractivity contribution in [1.29, 1.82) is 0 Å². The fourth-order valence-corrected chi connectivity index (χ4v) is 4.58. The van der Waals surface area contributed by atoms with Crippen LogP contribution in [0.3, 0.4) is 0 Å². The normalized spacial score (nSPS) is 21.0. The van der Waals surface area contributed by atoms with Gasteiger partial charge in [0.1, 0.15) is 0 Å². The molecule has 0 spiro atoms. The summed E-state index contributed by atoms with van der Waals surface area (Å²) < 4.78 is 17.4. The Morgan fingerprint density at radius 2 is 1.73 bits per heavy atom. The monoisotopic (exact) mass is 455 g/mol. The lowest BCUT2D eigenvalue weighted by Crippen LogP contribution is -2.46. The fourth-order valence-electron chi connectivity index (χ4n) is 4.58. The number of likely N-dealkylation sites (tertiary alicyclic amines) is 1. The average Bonchev–Trinajstić information content (AvgIpc) is 3.09. The Bertz CT molecular complexity index is 856. The van der Waals surface area contributed by atoms with Crippen LogP contribution in [-0.2, 0) is 11.3 Å². The van der Waals surface area contributed by atoms with E-state index >= 15 is 0 Å². The number of hydrogen-bond donors (Lipinski definition) is 2. The molecule has 6 nitrogen and oxygen atoms in total. The van der Waals surface area contributed by atoms with E-state index in [4.69, 9.17) is 14.2 Å². The van der Waals surface area contributed by atoms with Crippen molar-refractivity contribution in [2.24, 2.45) is 0 Å². The summed E-state index contributed by atoms with van der Waals surface area (Å²) in [5.41, 5.74) is 3.45. The summed E-state index contributed by atoms with van der Waals surface area (Å²) in [6.07, 6.45) is 5.40. The smallest absolute Gasteiger partial charge is 0.161 e. The molecule has 0 saturated carbocycles. The van der Waals surface area contributed by atoms with E-state index in [0.717, 1.165) is 74.4 Å². The molecule has 2 heterocycles. The lowest BCUT2D eigenvalue weighted by molar-refractivity contribution is 0.0160. The van der Waals surface area contributed by atoms with Crippen LogP contribution in [0.4, 0.5) is 0 Å². The van der Waals surface area contributed by atoms with Crippen molar-refractivity contribution >= 4 is 0 Å². The first-order chi connectivity index (χ1) is 16.2. The van der Waals surface area contributed by atoms with Gasteiger partial charge in [-0.15, -0.1) is 0 Å². The number of rotatable bonds is 10. The zero-order valence-electron chi connectivity index (χ0n) is 19.5. The standard InChI is InChI=1S/C27H37NO5/c29-19-24-18-25(30)11-13-28(24)12-2-1-3-14-31-20-21-5-7-22(8-6-21)23-9-10-26-27(17-23)33-16-4-15-32-26/h5-10,17,24-25,29-30H,1-4,11-16,18-20H2/t24-,25?/m1/s1. The van der Waals surface area contributed by atoms with Gasteiger partial charge in [-0.1, -0.05) is 30.3 Å². The fraction of sp³-hybridized carbons (Fsp3) is 0.556. The molecule has 1 fully saturated rings. The van der Waals surface area contributed by atoms with Gasteiger partial charge in [-0.3, -0.25) is 4.90 Å². The van der Waals surface area contributed by atoms with Crippen molar-refractivity contribution in [1.82, 2.24) is 4.90 Å². The third-order valence-electron chi connectivity index (χ3n) is 6.56. The minimum atomic E-state index is -0.257. The molecule has 2 aliphatic rings. The molecule has 1 saturated heterocycles. The van der Waals surface area contributed by atoms with Crippen LogP contribution in [0.1, 0.15) is 44.1 Å². The highest BCUT2D eigenvalue weighted by molar-refractivity contribution is 5.67. The minimum Gasteiger partial charge on any atom is -0.490 e. The molecule has 2 aromatic carbocycles. The van der Waals surface area contributed by atoms with Gasteiger partial charge in [0.2, 0.25) is 0 Å². The Kier molecular flexibility index (Phi) is 9.01. The molecule has 0 amide bonds. The van der Waals surface area contributed by atoms with E-state index in [-0.39, 0.29) is 18.8 Å². The summed E-state index contributed by atoms with van der Waals surface area (Å²) >= 11 is 0. The van der Waals surface area contributed by atoms with Crippen LogP contribution in [0.25, 0.3) is 11.1 Å². The molecule has 33 heavy (non-hydrogen) atoms. The Hall–Kier alpha value is -2.12. The lowest BCUT2D eigenvalue weighted by Gasteiger charge is -2.36. The maximum atomic E-state index is 9.75. The van der Waals surface area contributed by atoms with E-state index in [0.29, 0.717) is 26.2 Å². The molecule has 0 radical (unpaired) electrons. The average molecular weight is 456 g/mol. The highest BCUT2D eigenvalue weighted by Gasteiger charge is 2.26. The van der Waals surface area contributed by atoms with Crippen LogP contribution in [0.15, 0.2) is 42.5 Å². The molecule has 4 rings (SSSR count). The third-order valence-corrected chi connectivity index (χ3v) is 6.56. The first kappa shape index (κ1) is 24.0. The van der Waals surface area contributed by atoms with E-state index in [1.165, 1.54) is 5.56 Å². The van der Waals surface area contributed by atoms with Gasteiger partial charge in [-0.05, 0) is 67.5 Å². The zero-order valence-corrected chi connectivity index (χ0v) is 19.5. The molecule has 6 heteroatoms. The van der Waals surface area contributed by atoms with Gasteiger partial charge in [-0.2, -0.15) is 0 Å². The van der Waals surface area contributed by atoms with Crippen molar-refractivity contribution in [3.63, 3.8) is 0 Å². The summed E-state index contributed by atoms with van der Waals surface area (Å²) in [6.45, 7) is 4.77. The summed E-state index contributed by atoms with van der Waals surface area (Å²) in [5.74, 6) is 1.64. The minimum absolute atomic E-state index is 0.111. The van der Waals surface area contributed by atoms with Crippen molar-refractivity contribution in [3.05, 3.63) is 48.0 Å². The van der Waals surface area contributed by atoms with E-state index in [1.54, 1.807) is 0 Å². The van der Waals surface area contributed by atoms with E-state index < -0.39 is 0 Å². The Balaban J connectivity index is 1.14. The van der Waals surface area contributed by atoms with E-state index in [2.05, 4.69) is 41.3 Å². The topological polar surface area (TPSA) is 71.4 Å². The van der Waals surface area contributed by atoms with Gasteiger partial charge in [0.15, 0.2) is 11.5 Å². The first-order valence-corrected chi connectivity index (χ1v) is 12.3. The van der Waals surface area contributed by atoms with Crippen LogP contribution in [-0.4, -0.2) is 66.8 Å². The van der Waals surface area contributed by atoms with Crippen LogP contribution in [0, 0.1) is 0 Å². The quantitative estimate of drug-likeness (QED) is 0.528. The number of piperidine rings is 1. The Labute approximate surface area is 197 Å². The SMILES string of the molecule is OC[C@H]1CC(O)CCN1CCCCCOCc1ccc(-c2ccc3c(c2)OCCCO3)cc1. The second-order valence-corrected chi connectivity index (χ2v) is 9.07. The van der Waals surface area contributed by atoms with Crippen LogP contribution in [0.2, 0.25) is 0 Å². The number of unbranched alkanes of at least 4 members (excludes halogenated alkanes) is 2. The molecule has 2 atom stereocenters. The van der Waals surface area contributed by atoms with Gasteiger partial charge < -0.3 is 24.4 Å². The molecule has 2 aromatic rings. The molecule has 0 aromatic heterocycles. The number of ether oxygens (including phenoxy) is 3. The second kappa shape index (κ2) is 12.4. The number of benzene rings is 2. The maximum absolute atomic E-state index is 9.75. The van der Waals surface area contributed by atoms with Crippen molar-refractivity contribution < 1.29 is 24.4 Å².